The number of ether oxygens (including phenoxy) is 3. The highest BCUT2D eigenvalue weighted by Gasteiger charge is 2.15. The van der Waals surface area contributed by atoms with Gasteiger partial charge in [-0.25, -0.2) is 0 Å². The standard InChI is InChI=1S/C28H30O5/c1-20(2)18-33-26-15-11-24(17-23(26)12-16-27(29)31-3)28(30)22-9-13-25(14-10-22)32-19-21-7-5-4-6-8-21/h4-11,13-15,17,20H,12,16,18-19H2,1-3H3. The molecule has 0 amide bonds. The zero-order valence-electron chi connectivity index (χ0n) is 19.4. The summed E-state index contributed by atoms with van der Waals surface area (Å²) in [5.74, 6) is 1.36. The average molecular weight is 447 g/mol. The van der Waals surface area contributed by atoms with E-state index < -0.39 is 0 Å². The molecule has 0 heterocycles. The SMILES string of the molecule is COC(=O)CCc1cc(C(=O)c2ccc(OCc3ccccc3)cc2)ccc1OCC(C)C. The summed E-state index contributed by atoms with van der Waals surface area (Å²) in [7, 11) is 1.37. The van der Waals surface area contributed by atoms with E-state index in [0.29, 0.717) is 48.2 Å². The van der Waals surface area contributed by atoms with E-state index in [1.165, 1.54) is 7.11 Å². The zero-order valence-corrected chi connectivity index (χ0v) is 19.4. The minimum atomic E-state index is -0.298. The second-order valence-corrected chi connectivity index (χ2v) is 8.23. The number of rotatable bonds is 11. The van der Waals surface area contributed by atoms with Crippen LogP contribution in [0.5, 0.6) is 11.5 Å². The Kier molecular flexibility index (Phi) is 8.64. The molecule has 0 radical (unpaired) electrons. The minimum Gasteiger partial charge on any atom is -0.493 e. The fourth-order valence-corrected chi connectivity index (χ4v) is 3.26. The Morgan fingerprint density at radius 3 is 2.21 bits per heavy atom. The molecule has 3 aromatic rings. The van der Waals surface area contributed by atoms with E-state index in [0.717, 1.165) is 11.1 Å². The van der Waals surface area contributed by atoms with Gasteiger partial charge in [-0.15, -0.1) is 0 Å². The molecule has 33 heavy (non-hydrogen) atoms. The van der Waals surface area contributed by atoms with Gasteiger partial charge >= 0.3 is 5.97 Å². The second kappa shape index (κ2) is 11.9. The molecule has 0 aliphatic rings. The predicted molar refractivity (Wildman–Crippen MR) is 128 cm³/mol. The van der Waals surface area contributed by atoms with E-state index in [2.05, 4.69) is 13.8 Å². The zero-order chi connectivity index (χ0) is 23.6. The first-order valence-electron chi connectivity index (χ1n) is 11.1. The van der Waals surface area contributed by atoms with Crippen molar-refractivity contribution in [2.24, 2.45) is 5.92 Å². The van der Waals surface area contributed by atoms with E-state index >= 15 is 0 Å². The Hall–Kier alpha value is -3.60. The number of ketones is 1. The van der Waals surface area contributed by atoms with Crippen LogP contribution in [-0.2, 0) is 22.6 Å². The smallest absolute Gasteiger partial charge is 0.305 e. The highest BCUT2D eigenvalue weighted by Crippen LogP contribution is 2.25. The molecule has 5 nitrogen and oxygen atoms in total. The number of aryl methyl sites for hydroxylation is 1. The highest BCUT2D eigenvalue weighted by atomic mass is 16.5. The summed E-state index contributed by atoms with van der Waals surface area (Å²) >= 11 is 0. The van der Waals surface area contributed by atoms with Crippen LogP contribution in [0.4, 0.5) is 0 Å². The van der Waals surface area contributed by atoms with Crippen LogP contribution in [0.15, 0.2) is 72.8 Å². The van der Waals surface area contributed by atoms with Crippen molar-refractivity contribution in [3.8, 4) is 11.5 Å². The van der Waals surface area contributed by atoms with E-state index in [1.54, 1.807) is 42.5 Å². The summed E-state index contributed by atoms with van der Waals surface area (Å²) in [6.45, 7) is 5.16. The number of methoxy groups -OCH3 is 1. The van der Waals surface area contributed by atoms with Crippen LogP contribution in [0.2, 0.25) is 0 Å². The Balaban J connectivity index is 1.72. The topological polar surface area (TPSA) is 61.8 Å². The van der Waals surface area contributed by atoms with Gasteiger partial charge in [-0.1, -0.05) is 44.2 Å². The predicted octanol–water partition coefficient (Wildman–Crippen LogP) is 5.64. The van der Waals surface area contributed by atoms with Gasteiger partial charge in [0.15, 0.2) is 5.78 Å². The van der Waals surface area contributed by atoms with Crippen molar-refractivity contribution in [2.75, 3.05) is 13.7 Å². The summed E-state index contributed by atoms with van der Waals surface area (Å²) < 4.78 is 16.5. The average Bonchev–Trinajstić information content (AvgIpc) is 2.85. The van der Waals surface area contributed by atoms with E-state index in [1.807, 2.05) is 30.3 Å². The third kappa shape index (κ3) is 7.21. The second-order valence-electron chi connectivity index (χ2n) is 8.23. The molecule has 0 spiro atoms. The molecule has 0 bridgehead atoms. The molecule has 0 aliphatic heterocycles. The van der Waals surface area contributed by atoms with Gasteiger partial charge in [0.2, 0.25) is 0 Å². The molecule has 3 aromatic carbocycles. The summed E-state index contributed by atoms with van der Waals surface area (Å²) in [6, 6.07) is 22.4. The normalized spacial score (nSPS) is 10.7. The molecule has 0 unspecified atom stereocenters. The summed E-state index contributed by atoms with van der Waals surface area (Å²) in [6.07, 6.45) is 0.660. The van der Waals surface area contributed by atoms with Gasteiger partial charge in [0.05, 0.1) is 13.7 Å². The van der Waals surface area contributed by atoms with Gasteiger partial charge in [-0.2, -0.15) is 0 Å². The van der Waals surface area contributed by atoms with E-state index in [9.17, 15) is 9.59 Å². The van der Waals surface area contributed by atoms with Crippen molar-refractivity contribution >= 4 is 11.8 Å². The number of esters is 1. The third-order valence-corrected chi connectivity index (χ3v) is 5.09. The maximum absolute atomic E-state index is 13.1. The fourth-order valence-electron chi connectivity index (χ4n) is 3.26. The van der Waals surface area contributed by atoms with Gasteiger partial charge in [0, 0.05) is 17.5 Å². The van der Waals surface area contributed by atoms with Crippen molar-refractivity contribution in [3.05, 3.63) is 95.1 Å². The van der Waals surface area contributed by atoms with Crippen LogP contribution < -0.4 is 9.47 Å². The molecule has 3 rings (SSSR count). The summed E-state index contributed by atoms with van der Waals surface area (Å²) in [4.78, 5) is 24.7. The van der Waals surface area contributed by atoms with Crippen molar-refractivity contribution in [3.63, 3.8) is 0 Å². The van der Waals surface area contributed by atoms with Crippen LogP contribution in [0, 0.1) is 5.92 Å². The summed E-state index contributed by atoms with van der Waals surface area (Å²) in [5.41, 5.74) is 3.01. The van der Waals surface area contributed by atoms with Crippen molar-refractivity contribution in [2.45, 2.75) is 33.3 Å². The maximum Gasteiger partial charge on any atom is 0.305 e. The number of carbonyl (C=O) groups excluding carboxylic acids is 2. The lowest BCUT2D eigenvalue weighted by Gasteiger charge is -2.14. The lowest BCUT2D eigenvalue weighted by Crippen LogP contribution is -2.09. The van der Waals surface area contributed by atoms with Crippen LogP contribution in [0.25, 0.3) is 0 Å². The van der Waals surface area contributed by atoms with E-state index in [4.69, 9.17) is 14.2 Å². The van der Waals surface area contributed by atoms with Crippen LogP contribution in [-0.4, -0.2) is 25.5 Å². The number of hydrogen-bond donors (Lipinski definition) is 0. The van der Waals surface area contributed by atoms with Gasteiger partial charge < -0.3 is 14.2 Å². The molecular formula is C28H30O5. The van der Waals surface area contributed by atoms with Gasteiger partial charge in [-0.05, 0) is 65.9 Å². The van der Waals surface area contributed by atoms with Crippen LogP contribution in [0.3, 0.4) is 0 Å². The molecule has 0 aromatic heterocycles. The molecule has 0 atom stereocenters. The minimum absolute atomic E-state index is 0.0978. The molecule has 0 N–H and O–H groups in total. The molecule has 0 saturated carbocycles. The lowest BCUT2D eigenvalue weighted by atomic mass is 9.98. The Morgan fingerprint density at radius 1 is 0.848 bits per heavy atom. The van der Waals surface area contributed by atoms with Crippen molar-refractivity contribution in [1.82, 2.24) is 0 Å². The Bertz CT molecular complexity index is 1060. The summed E-state index contributed by atoms with van der Waals surface area (Å²) in [5, 5.41) is 0. The molecule has 0 saturated heterocycles. The quantitative estimate of drug-likeness (QED) is 0.282. The van der Waals surface area contributed by atoms with Crippen LogP contribution >= 0.6 is 0 Å². The molecular weight excluding hydrogens is 416 g/mol. The lowest BCUT2D eigenvalue weighted by molar-refractivity contribution is -0.140. The Labute approximate surface area is 195 Å². The largest absolute Gasteiger partial charge is 0.493 e. The van der Waals surface area contributed by atoms with Crippen LogP contribution in [0.1, 0.15) is 47.3 Å². The number of hydrogen-bond acceptors (Lipinski definition) is 5. The number of carbonyl (C=O) groups is 2. The van der Waals surface area contributed by atoms with E-state index in [-0.39, 0.29) is 18.2 Å². The molecule has 5 heteroatoms. The number of benzene rings is 3. The van der Waals surface area contributed by atoms with Crippen molar-refractivity contribution < 1.29 is 23.8 Å². The van der Waals surface area contributed by atoms with Gasteiger partial charge in [0.25, 0.3) is 0 Å². The first-order valence-corrected chi connectivity index (χ1v) is 11.1. The van der Waals surface area contributed by atoms with Gasteiger partial charge in [0.1, 0.15) is 18.1 Å². The first-order chi connectivity index (χ1) is 16.0. The maximum atomic E-state index is 13.1. The Morgan fingerprint density at radius 2 is 1.55 bits per heavy atom. The highest BCUT2D eigenvalue weighted by molar-refractivity contribution is 6.09. The molecule has 0 fully saturated rings. The third-order valence-electron chi connectivity index (χ3n) is 5.09. The fraction of sp³-hybridized carbons (Fsp3) is 0.286. The van der Waals surface area contributed by atoms with Gasteiger partial charge in [-0.3, -0.25) is 9.59 Å². The van der Waals surface area contributed by atoms with Crippen molar-refractivity contribution in [1.29, 1.82) is 0 Å². The molecule has 172 valence electrons. The monoisotopic (exact) mass is 446 g/mol. The first kappa shape index (κ1) is 24.1. The molecule has 0 aliphatic carbocycles.